The van der Waals surface area contributed by atoms with Crippen LogP contribution in [-0.2, 0) is 26.3 Å². The second kappa shape index (κ2) is 4.53. The third kappa shape index (κ3) is 2.16. The molecule has 2 aromatic rings. The molecule has 18 heavy (non-hydrogen) atoms. The molecule has 1 heterocycles. The number of aliphatic hydroxyl groups is 1. The molecule has 1 aromatic heterocycles. The average Bonchev–Trinajstić information content (AvgIpc) is 2.95. The zero-order valence-corrected chi connectivity index (χ0v) is 10.5. The van der Waals surface area contributed by atoms with Gasteiger partial charge in [0.2, 0.25) is 0 Å². The van der Waals surface area contributed by atoms with E-state index in [-0.39, 0.29) is 6.10 Å². The molecule has 1 N–H and O–H groups in total. The van der Waals surface area contributed by atoms with Gasteiger partial charge in [0.1, 0.15) is 0 Å². The monoisotopic (exact) mass is 243 g/mol. The summed E-state index contributed by atoms with van der Waals surface area (Å²) in [7, 11) is 1.84. The van der Waals surface area contributed by atoms with Gasteiger partial charge in [0.25, 0.3) is 0 Å². The van der Waals surface area contributed by atoms with Crippen LogP contribution in [0.3, 0.4) is 0 Å². The van der Waals surface area contributed by atoms with Crippen molar-refractivity contribution < 1.29 is 5.11 Å². The summed E-state index contributed by atoms with van der Waals surface area (Å²) in [6.07, 6.45) is 4.06. The van der Waals surface area contributed by atoms with E-state index in [0.29, 0.717) is 12.3 Å². The van der Waals surface area contributed by atoms with Gasteiger partial charge in [0.15, 0.2) is 0 Å². The van der Waals surface area contributed by atoms with Crippen molar-refractivity contribution in [1.82, 2.24) is 15.0 Å². The minimum Gasteiger partial charge on any atom is -0.392 e. The number of hydrogen-bond donors (Lipinski definition) is 1. The number of hydrogen-bond acceptors (Lipinski definition) is 3. The van der Waals surface area contributed by atoms with E-state index in [1.165, 1.54) is 11.1 Å². The minimum absolute atomic E-state index is 0.310. The first-order chi connectivity index (χ1) is 8.72. The molecule has 1 unspecified atom stereocenters. The summed E-state index contributed by atoms with van der Waals surface area (Å²) in [5.41, 5.74) is 3.61. The van der Waals surface area contributed by atoms with Gasteiger partial charge >= 0.3 is 0 Å². The Labute approximate surface area is 106 Å². The fraction of sp³-hybridized carbons (Fsp3) is 0.429. The molecule has 1 aliphatic carbocycles. The van der Waals surface area contributed by atoms with Crippen LogP contribution in [0.15, 0.2) is 30.5 Å². The number of rotatable bonds is 3. The van der Waals surface area contributed by atoms with Gasteiger partial charge in [-0.05, 0) is 29.9 Å². The van der Waals surface area contributed by atoms with E-state index in [1.54, 1.807) is 4.68 Å². The molecule has 94 valence electrons. The van der Waals surface area contributed by atoms with Crippen molar-refractivity contribution in [3.8, 4) is 0 Å². The first-order valence-electron chi connectivity index (χ1n) is 6.32. The lowest BCUT2D eigenvalue weighted by atomic mass is 9.96. The maximum atomic E-state index is 10.3. The Morgan fingerprint density at radius 3 is 2.56 bits per heavy atom. The molecule has 1 aromatic carbocycles. The zero-order chi connectivity index (χ0) is 12.5. The molecule has 0 spiro atoms. The topological polar surface area (TPSA) is 50.9 Å². The minimum atomic E-state index is -0.339. The number of fused-ring (bicyclic) bond motifs is 1. The lowest BCUT2D eigenvalue weighted by molar-refractivity contribution is 0.112. The van der Waals surface area contributed by atoms with Crippen LogP contribution in [0.2, 0.25) is 0 Å². The van der Waals surface area contributed by atoms with Gasteiger partial charge < -0.3 is 5.11 Å². The molecule has 4 nitrogen and oxygen atoms in total. The van der Waals surface area contributed by atoms with Crippen molar-refractivity contribution in [2.24, 2.45) is 13.0 Å². The van der Waals surface area contributed by atoms with Gasteiger partial charge in [-0.1, -0.05) is 29.5 Å². The summed E-state index contributed by atoms with van der Waals surface area (Å²) >= 11 is 0. The number of benzene rings is 1. The van der Waals surface area contributed by atoms with Crippen molar-refractivity contribution >= 4 is 0 Å². The third-order valence-corrected chi connectivity index (χ3v) is 3.70. The average molecular weight is 243 g/mol. The SMILES string of the molecule is Cn1cc(CC(O)C2Cc3ccccc3C2)nn1. The van der Waals surface area contributed by atoms with Crippen molar-refractivity contribution in [2.45, 2.75) is 25.4 Å². The lowest BCUT2D eigenvalue weighted by Gasteiger charge is -2.16. The zero-order valence-electron chi connectivity index (χ0n) is 10.5. The standard InChI is InChI=1S/C14H17N3O/c1-17-9-13(15-16-17)8-14(18)12-6-10-4-2-3-5-11(10)7-12/h2-5,9,12,14,18H,6-8H2,1H3. The van der Waals surface area contributed by atoms with E-state index < -0.39 is 0 Å². The van der Waals surface area contributed by atoms with Crippen LogP contribution in [0.25, 0.3) is 0 Å². The Morgan fingerprint density at radius 2 is 2.00 bits per heavy atom. The van der Waals surface area contributed by atoms with Crippen LogP contribution >= 0.6 is 0 Å². The van der Waals surface area contributed by atoms with Crippen LogP contribution in [0.5, 0.6) is 0 Å². The second-order valence-corrected chi connectivity index (χ2v) is 5.09. The Balaban J connectivity index is 1.67. The summed E-state index contributed by atoms with van der Waals surface area (Å²) in [6.45, 7) is 0. The maximum Gasteiger partial charge on any atom is 0.0852 e. The number of aliphatic hydroxyl groups excluding tert-OH is 1. The van der Waals surface area contributed by atoms with Gasteiger partial charge in [-0.15, -0.1) is 5.10 Å². The molecule has 0 bridgehead atoms. The fourth-order valence-corrected chi connectivity index (χ4v) is 2.73. The molecule has 0 saturated heterocycles. The predicted octanol–water partition coefficient (Wildman–Crippen LogP) is 1.13. The van der Waals surface area contributed by atoms with E-state index in [9.17, 15) is 5.11 Å². The molecule has 3 rings (SSSR count). The van der Waals surface area contributed by atoms with Crippen LogP contribution in [0.4, 0.5) is 0 Å². The van der Waals surface area contributed by atoms with Crippen LogP contribution in [0.1, 0.15) is 16.8 Å². The Kier molecular flexibility index (Phi) is 2.88. The van der Waals surface area contributed by atoms with Crippen molar-refractivity contribution in [1.29, 1.82) is 0 Å². The van der Waals surface area contributed by atoms with Crippen molar-refractivity contribution in [3.63, 3.8) is 0 Å². The van der Waals surface area contributed by atoms with Crippen molar-refractivity contribution in [2.75, 3.05) is 0 Å². The second-order valence-electron chi connectivity index (χ2n) is 5.09. The van der Waals surface area contributed by atoms with E-state index >= 15 is 0 Å². The Hall–Kier alpha value is -1.68. The normalized spacial score (nSPS) is 16.8. The molecule has 0 radical (unpaired) electrons. The van der Waals surface area contributed by atoms with E-state index in [4.69, 9.17) is 0 Å². The summed E-state index contributed by atoms with van der Waals surface area (Å²) in [6, 6.07) is 8.45. The molecule has 1 atom stereocenters. The quantitative estimate of drug-likeness (QED) is 0.879. The number of aromatic nitrogens is 3. The highest BCUT2D eigenvalue weighted by Crippen LogP contribution is 2.29. The molecular formula is C14H17N3O. The van der Waals surface area contributed by atoms with Crippen LogP contribution in [0, 0.1) is 5.92 Å². The highest BCUT2D eigenvalue weighted by atomic mass is 16.3. The van der Waals surface area contributed by atoms with E-state index in [0.717, 1.165) is 18.5 Å². The largest absolute Gasteiger partial charge is 0.392 e. The summed E-state index contributed by atoms with van der Waals surface area (Å²) in [4.78, 5) is 0. The molecule has 1 aliphatic rings. The molecular weight excluding hydrogens is 226 g/mol. The first-order valence-corrected chi connectivity index (χ1v) is 6.32. The van der Waals surface area contributed by atoms with E-state index in [2.05, 4.69) is 34.6 Å². The molecule has 0 saturated carbocycles. The highest BCUT2D eigenvalue weighted by molar-refractivity contribution is 5.32. The van der Waals surface area contributed by atoms with Crippen LogP contribution < -0.4 is 0 Å². The Morgan fingerprint density at radius 1 is 1.33 bits per heavy atom. The van der Waals surface area contributed by atoms with Crippen molar-refractivity contribution in [3.05, 3.63) is 47.3 Å². The summed E-state index contributed by atoms with van der Waals surface area (Å²) < 4.78 is 1.67. The molecule has 0 fully saturated rings. The lowest BCUT2D eigenvalue weighted by Crippen LogP contribution is -2.23. The van der Waals surface area contributed by atoms with Gasteiger partial charge in [0.05, 0.1) is 11.8 Å². The third-order valence-electron chi connectivity index (χ3n) is 3.70. The fourth-order valence-electron chi connectivity index (χ4n) is 2.73. The highest BCUT2D eigenvalue weighted by Gasteiger charge is 2.27. The summed E-state index contributed by atoms with van der Waals surface area (Å²) in [5, 5.41) is 18.2. The van der Waals surface area contributed by atoms with Gasteiger partial charge in [0, 0.05) is 19.7 Å². The first kappa shape index (κ1) is 11.4. The molecule has 0 amide bonds. The van der Waals surface area contributed by atoms with Gasteiger partial charge in [-0.25, -0.2) is 0 Å². The Bertz CT molecular complexity index is 524. The van der Waals surface area contributed by atoms with Gasteiger partial charge in [-0.3, -0.25) is 4.68 Å². The van der Waals surface area contributed by atoms with Crippen LogP contribution in [-0.4, -0.2) is 26.2 Å². The predicted molar refractivity (Wildman–Crippen MR) is 68.1 cm³/mol. The maximum absolute atomic E-state index is 10.3. The number of aryl methyl sites for hydroxylation is 1. The van der Waals surface area contributed by atoms with Gasteiger partial charge in [-0.2, -0.15) is 0 Å². The smallest absolute Gasteiger partial charge is 0.0852 e. The summed E-state index contributed by atoms with van der Waals surface area (Å²) in [5.74, 6) is 0.310. The molecule has 4 heteroatoms. The number of nitrogens with zero attached hydrogens (tertiary/aromatic N) is 3. The van der Waals surface area contributed by atoms with E-state index in [1.807, 2.05) is 13.2 Å². The molecule has 0 aliphatic heterocycles.